The van der Waals surface area contributed by atoms with E-state index >= 15 is 0 Å². The van der Waals surface area contributed by atoms with Crippen molar-refractivity contribution in [3.8, 4) is 0 Å². The minimum absolute atomic E-state index is 0.586. The summed E-state index contributed by atoms with van der Waals surface area (Å²) < 4.78 is 38.2. The van der Waals surface area contributed by atoms with Gasteiger partial charge in [-0.15, -0.1) is 0 Å². The fourth-order valence-electron chi connectivity index (χ4n) is 1.50. The molecule has 5 nitrogen and oxygen atoms in total. The zero-order chi connectivity index (χ0) is 15.3. The minimum atomic E-state index is -4.63. The van der Waals surface area contributed by atoms with Gasteiger partial charge < -0.3 is 0 Å². The van der Waals surface area contributed by atoms with E-state index in [-0.39, 0.29) is 0 Å². The van der Waals surface area contributed by atoms with E-state index in [0.717, 1.165) is 18.5 Å². The van der Waals surface area contributed by atoms with Crippen molar-refractivity contribution in [3.05, 3.63) is 59.7 Å². The summed E-state index contributed by atoms with van der Waals surface area (Å²) in [6.45, 7) is 0. The van der Waals surface area contributed by atoms with Crippen molar-refractivity contribution in [1.82, 2.24) is 15.4 Å². The Balaban J connectivity index is 2.13. The van der Waals surface area contributed by atoms with Crippen LogP contribution in [0.25, 0.3) is 0 Å². The molecule has 108 valence electrons. The van der Waals surface area contributed by atoms with Gasteiger partial charge in [0, 0.05) is 24.8 Å². The van der Waals surface area contributed by atoms with Gasteiger partial charge in [-0.05, 0) is 23.8 Å². The second kappa shape index (κ2) is 6.12. The van der Waals surface area contributed by atoms with Crippen LogP contribution in [0.4, 0.5) is 13.2 Å². The highest BCUT2D eigenvalue weighted by molar-refractivity contribution is 5.96. The lowest BCUT2D eigenvalue weighted by atomic mass is 10.1. The van der Waals surface area contributed by atoms with Gasteiger partial charge in [-0.25, -0.2) is 5.43 Å². The quantitative estimate of drug-likeness (QED) is 0.697. The summed E-state index contributed by atoms with van der Waals surface area (Å²) in [5, 5.41) is 3.59. The van der Waals surface area contributed by atoms with Crippen LogP contribution in [0.3, 0.4) is 0 Å². The third-order valence-corrected chi connectivity index (χ3v) is 2.46. The molecule has 8 heteroatoms. The van der Waals surface area contributed by atoms with Gasteiger partial charge >= 0.3 is 6.18 Å². The molecule has 0 aliphatic carbocycles. The normalized spacial score (nSPS) is 11.6. The number of rotatable bonds is 3. The molecule has 2 aromatic rings. The third kappa shape index (κ3) is 3.85. The molecule has 0 spiro atoms. The molecule has 0 unspecified atom stereocenters. The fourth-order valence-corrected chi connectivity index (χ4v) is 1.50. The second-order valence-corrected chi connectivity index (χ2v) is 3.90. The first-order valence-corrected chi connectivity index (χ1v) is 5.73. The fraction of sp³-hybridized carbons (Fsp3) is 0.0769. The summed E-state index contributed by atoms with van der Waals surface area (Å²) in [6, 6.07) is 3.99. The van der Waals surface area contributed by atoms with Crippen LogP contribution < -0.4 is 5.43 Å². The van der Waals surface area contributed by atoms with Crippen molar-refractivity contribution < 1.29 is 18.0 Å². The van der Waals surface area contributed by atoms with Gasteiger partial charge in [0.15, 0.2) is 0 Å². The topological polar surface area (TPSA) is 67.2 Å². The van der Waals surface area contributed by atoms with Gasteiger partial charge in [0.25, 0.3) is 5.91 Å². The summed E-state index contributed by atoms with van der Waals surface area (Å²) in [6.07, 6.45) is 1.52. The first kappa shape index (κ1) is 14.6. The minimum Gasteiger partial charge on any atom is -0.267 e. The monoisotopic (exact) mass is 294 g/mol. The summed E-state index contributed by atoms with van der Waals surface area (Å²) in [7, 11) is 0. The number of amides is 1. The maximum atomic E-state index is 12.7. The summed E-state index contributed by atoms with van der Waals surface area (Å²) in [5.74, 6) is -0.985. The number of nitrogens with one attached hydrogen (secondary N) is 1. The lowest BCUT2D eigenvalue weighted by molar-refractivity contribution is -0.138. The molecular formula is C13H9F3N4O. The molecule has 2 aromatic heterocycles. The largest absolute Gasteiger partial charge is 0.417 e. The number of hydrazone groups is 1. The molecule has 21 heavy (non-hydrogen) atoms. The van der Waals surface area contributed by atoms with Gasteiger partial charge in [0.05, 0.1) is 17.3 Å². The Kier molecular flexibility index (Phi) is 4.27. The number of hydrogen-bond acceptors (Lipinski definition) is 4. The number of alkyl halides is 3. The molecule has 0 fully saturated rings. The molecule has 0 saturated carbocycles. The van der Waals surface area contributed by atoms with E-state index < -0.39 is 23.2 Å². The van der Waals surface area contributed by atoms with Gasteiger partial charge in [-0.1, -0.05) is 0 Å². The number of nitrogens with zero attached hydrogens (tertiary/aromatic N) is 3. The predicted molar refractivity (Wildman–Crippen MR) is 68.5 cm³/mol. The van der Waals surface area contributed by atoms with Crippen molar-refractivity contribution in [3.63, 3.8) is 0 Å². The van der Waals surface area contributed by atoms with E-state index in [9.17, 15) is 18.0 Å². The summed E-state index contributed by atoms with van der Waals surface area (Å²) in [4.78, 5) is 19.0. The number of hydrogen-bond donors (Lipinski definition) is 1. The number of carbonyl (C=O) groups is 1. The van der Waals surface area contributed by atoms with Gasteiger partial charge in [-0.2, -0.15) is 18.3 Å². The Morgan fingerprint density at radius 2 is 1.81 bits per heavy atom. The zero-order valence-electron chi connectivity index (χ0n) is 10.5. The smallest absolute Gasteiger partial charge is 0.267 e. The SMILES string of the molecule is O=C(NN=Cc1ccncc1)c1cnccc1C(F)(F)F. The molecule has 1 N–H and O–H groups in total. The molecule has 1 amide bonds. The Labute approximate surface area is 117 Å². The Morgan fingerprint density at radius 3 is 2.48 bits per heavy atom. The summed E-state index contributed by atoms with van der Waals surface area (Å²) >= 11 is 0. The average molecular weight is 294 g/mol. The van der Waals surface area contributed by atoms with E-state index in [4.69, 9.17) is 0 Å². The van der Waals surface area contributed by atoms with E-state index in [1.807, 2.05) is 5.43 Å². The van der Waals surface area contributed by atoms with Crippen LogP contribution in [0, 0.1) is 0 Å². The maximum absolute atomic E-state index is 12.7. The second-order valence-electron chi connectivity index (χ2n) is 3.90. The lowest BCUT2D eigenvalue weighted by Crippen LogP contribution is -2.22. The van der Waals surface area contributed by atoms with Crippen LogP contribution in [-0.2, 0) is 6.18 Å². The number of carbonyl (C=O) groups excluding carboxylic acids is 1. The molecule has 0 aliphatic rings. The molecule has 0 aromatic carbocycles. The molecule has 2 rings (SSSR count). The molecular weight excluding hydrogens is 285 g/mol. The highest BCUT2D eigenvalue weighted by atomic mass is 19.4. The summed E-state index contributed by atoms with van der Waals surface area (Å²) in [5.41, 5.74) is 1.03. The van der Waals surface area contributed by atoms with Crippen molar-refractivity contribution in [2.75, 3.05) is 0 Å². The molecule has 2 heterocycles. The van der Waals surface area contributed by atoms with Gasteiger partial charge in [0.2, 0.25) is 0 Å². The van der Waals surface area contributed by atoms with Crippen LogP contribution in [0.15, 0.2) is 48.1 Å². The van der Waals surface area contributed by atoms with E-state index in [1.54, 1.807) is 12.1 Å². The van der Waals surface area contributed by atoms with Crippen LogP contribution in [0.1, 0.15) is 21.5 Å². The van der Waals surface area contributed by atoms with E-state index in [2.05, 4.69) is 15.1 Å². The highest BCUT2D eigenvalue weighted by Gasteiger charge is 2.35. The molecule has 0 atom stereocenters. The first-order chi connectivity index (χ1) is 9.98. The predicted octanol–water partition coefficient (Wildman–Crippen LogP) is 2.26. The maximum Gasteiger partial charge on any atom is 0.417 e. The molecule has 0 aliphatic heterocycles. The van der Waals surface area contributed by atoms with Gasteiger partial charge in [0.1, 0.15) is 0 Å². The molecule has 0 radical (unpaired) electrons. The van der Waals surface area contributed by atoms with Gasteiger partial charge in [-0.3, -0.25) is 14.8 Å². The van der Waals surface area contributed by atoms with Crippen molar-refractivity contribution in [1.29, 1.82) is 0 Å². The Hall–Kier alpha value is -2.77. The lowest BCUT2D eigenvalue weighted by Gasteiger charge is -2.10. The average Bonchev–Trinajstić information content (AvgIpc) is 2.47. The number of aromatic nitrogens is 2. The third-order valence-electron chi connectivity index (χ3n) is 2.46. The number of halogens is 3. The molecule has 0 saturated heterocycles. The van der Waals surface area contributed by atoms with Crippen molar-refractivity contribution >= 4 is 12.1 Å². The van der Waals surface area contributed by atoms with Crippen LogP contribution >= 0.6 is 0 Å². The van der Waals surface area contributed by atoms with E-state index in [1.165, 1.54) is 18.6 Å². The highest BCUT2D eigenvalue weighted by Crippen LogP contribution is 2.31. The Bertz CT molecular complexity index is 656. The van der Waals surface area contributed by atoms with E-state index in [0.29, 0.717) is 5.56 Å². The zero-order valence-corrected chi connectivity index (χ0v) is 10.5. The van der Waals surface area contributed by atoms with Crippen LogP contribution in [0.5, 0.6) is 0 Å². The Morgan fingerprint density at radius 1 is 1.14 bits per heavy atom. The van der Waals surface area contributed by atoms with Crippen LogP contribution in [0.2, 0.25) is 0 Å². The first-order valence-electron chi connectivity index (χ1n) is 5.73. The van der Waals surface area contributed by atoms with Crippen LogP contribution in [-0.4, -0.2) is 22.1 Å². The van der Waals surface area contributed by atoms with Crippen molar-refractivity contribution in [2.45, 2.75) is 6.18 Å². The standard InChI is InChI=1S/C13H9F3N4O/c14-13(15,16)11-3-6-18-8-10(11)12(21)20-19-7-9-1-4-17-5-2-9/h1-8H,(H,20,21). The molecule has 0 bridgehead atoms. The number of pyridine rings is 2. The van der Waals surface area contributed by atoms with Crippen molar-refractivity contribution in [2.24, 2.45) is 5.10 Å².